The van der Waals surface area contributed by atoms with Crippen molar-refractivity contribution in [1.82, 2.24) is 15.5 Å². The summed E-state index contributed by atoms with van der Waals surface area (Å²) < 4.78 is 11.9. The molecule has 2 N–H and O–H groups in total. The number of guanidine groups is 1. The summed E-state index contributed by atoms with van der Waals surface area (Å²) >= 11 is 0. The molecule has 1 fully saturated rings. The van der Waals surface area contributed by atoms with Crippen LogP contribution in [0.25, 0.3) is 0 Å². The summed E-state index contributed by atoms with van der Waals surface area (Å²) in [6, 6.07) is 0.493. The van der Waals surface area contributed by atoms with E-state index in [0.29, 0.717) is 18.3 Å². The number of nitrogens with one attached hydrogen (secondary N) is 2. The van der Waals surface area contributed by atoms with E-state index in [0.717, 1.165) is 5.96 Å². The molecular formula is C17H37IN4OS. The number of halogens is 1. The number of likely N-dealkylation sites (tertiary alicyclic amines) is 1. The lowest BCUT2D eigenvalue weighted by Crippen LogP contribution is -2.49. The maximum absolute atomic E-state index is 12.1. The molecule has 1 aliphatic rings. The van der Waals surface area contributed by atoms with Crippen molar-refractivity contribution >= 4 is 40.7 Å². The Morgan fingerprint density at radius 3 is 2.42 bits per heavy atom. The topological polar surface area (TPSA) is 56.7 Å². The summed E-state index contributed by atoms with van der Waals surface area (Å²) in [6.07, 6.45) is 4.90. The molecule has 0 amide bonds. The average Bonchev–Trinajstić information content (AvgIpc) is 2.52. The molecule has 24 heavy (non-hydrogen) atoms. The third-order valence-corrected chi connectivity index (χ3v) is 6.18. The second-order valence-corrected chi connectivity index (χ2v) is 9.60. The van der Waals surface area contributed by atoms with E-state index in [9.17, 15) is 4.21 Å². The van der Waals surface area contributed by atoms with Gasteiger partial charge in [-0.3, -0.25) is 9.20 Å². The van der Waals surface area contributed by atoms with Gasteiger partial charge in [0.2, 0.25) is 0 Å². The minimum absolute atomic E-state index is 0. The fraction of sp³-hybridized carbons (Fsp3) is 0.941. The van der Waals surface area contributed by atoms with Gasteiger partial charge in [0.05, 0.1) is 0 Å². The van der Waals surface area contributed by atoms with Crippen LogP contribution >= 0.6 is 24.0 Å². The minimum Gasteiger partial charge on any atom is -0.355 e. The number of nitrogens with zero attached hydrogens (tertiary/aromatic N) is 2. The molecule has 1 heterocycles. The molecule has 0 bridgehead atoms. The van der Waals surface area contributed by atoms with Crippen LogP contribution in [0.4, 0.5) is 0 Å². The fourth-order valence-electron chi connectivity index (χ4n) is 2.64. The maximum atomic E-state index is 12.1. The van der Waals surface area contributed by atoms with Crippen molar-refractivity contribution in [3.8, 4) is 0 Å². The summed E-state index contributed by atoms with van der Waals surface area (Å²) in [6.45, 7) is 12.6. The Morgan fingerprint density at radius 1 is 1.29 bits per heavy atom. The number of rotatable bonds is 7. The fourth-order valence-corrected chi connectivity index (χ4v) is 3.54. The molecule has 0 aliphatic carbocycles. The van der Waals surface area contributed by atoms with E-state index in [1.807, 2.05) is 20.8 Å². The largest absolute Gasteiger partial charge is 0.355 e. The molecule has 1 atom stereocenters. The second kappa shape index (κ2) is 12.5. The Hall–Kier alpha value is 0.110. The summed E-state index contributed by atoms with van der Waals surface area (Å²) in [5.41, 5.74) is 0. The first-order valence-corrected chi connectivity index (χ1v) is 10.3. The predicted molar refractivity (Wildman–Crippen MR) is 117 cm³/mol. The number of unbranched alkanes of at least 4 members (excludes halogenated alkanes) is 1. The van der Waals surface area contributed by atoms with Crippen LogP contribution < -0.4 is 10.6 Å². The number of hydrogen-bond donors (Lipinski definition) is 2. The lowest BCUT2D eigenvalue weighted by atomic mass is 10.0. The van der Waals surface area contributed by atoms with Gasteiger partial charge in [0.1, 0.15) is 0 Å². The van der Waals surface area contributed by atoms with Crippen LogP contribution in [0.3, 0.4) is 0 Å². The van der Waals surface area contributed by atoms with Crippen molar-refractivity contribution in [2.45, 2.75) is 64.2 Å². The zero-order valence-corrected chi connectivity index (χ0v) is 19.2. The molecule has 0 aromatic carbocycles. The summed E-state index contributed by atoms with van der Waals surface area (Å²) in [5.74, 6) is 1.49. The third-order valence-electron chi connectivity index (χ3n) is 4.24. The van der Waals surface area contributed by atoms with Gasteiger partial charge in [-0.05, 0) is 46.6 Å². The van der Waals surface area contributed by atoms with E-state index in [-0.39, 0.29) is 28.7 Å². The maximum Gasteiger partial charge on any atom is 0.191 e. The first-order chi connectivity index (χ1) is 10.9. The predicted octanol–water partition coefficient (Wildman–Crippen LogP) is 2.58. The van der Waals surface area contributed by atoms with Gasteiger partial charge in [-0.2, -0.15) is 0 Å². The van der Waals surface area contributed by atoms with Crippen molar-refractivity contribution in [3.63, 3.8) is 0 Å². The molecule has 5 nitrogen and oxygen atoms in total. The van der Waals surface area contributed by atoms with E-state index in [2.05, 4.69) is 27.4 Å². The van der Waals surface area contributed by atoms with Gasteiger partial charge in [-0.1, -0.05) is 13.3 Å². The SMILES string of the molecule is CCCCN1CCC(NC(=NC)NCCS(=O)C(C)(C)C)CC1.I. The first kappa shape index (κ1) is 24.1. The average molecular weight is 472 g/mol. The van der Waals surface area contributed by atoms with E-state index in [4.69, 9.17) is 0 Å². The Morgan fingerprint density at radius 2 is 1.92 bits per heavy atom. The van der Waals surface area contributed by atoms with Crippen LogP contribution in [-0.4, -0.2) is 64.8 Å². The molecular weight excluding hydrogens is 435 g/mol. The lowest BCUT2D eigenvalue weighted by Gasteiger charge is -2.33. The van der Waals surface area contributed by atoms with Crippen LogP contribution in [-0.2, 0) is 10.8 Å². The number of piperidine rings is 1. The van der Waals surface area contributed by atoms with Crippen molar-refractivity contribution < 1.29 is 4.21 Å². The van der Waals surface area contributed by atoms with Gasteiger partial charge in [-0.15, -0.1) is 24.0 Å². The molecule has 1 unspecified atom stereocenters. The highest BCUT2D eigenvalue weighted by atomic mass is 127. The van der Waals surface area contributed by atoms with Gasteiger partial charge in [0.25, 0.3) is 0 Å². The van der Waals surface area contributed by atoms with E-state index < -0.39 is 10.8 Å². The summed E-state index contributed by atoms with van der Waals surface area (Å²) in [4.78, 5) is 6.85. The van der Waals surface area contributed by atoms with Crippen LogP contribution in [0.2, 0.25) is 0 Å². The van der Waals surface area contributed by atoms with Crippen molar-refractivity contribution in [2.24, 2.45) is 4.99 Å². The quantitative estimate of drug-likeness (QED) is 0.340. The molecule has 7 heteroatoms. The molecule has 0 spiro atoms. The van der Waals surface area contributed by atoms with Crippen LogP contribution in [0, 0.1) is 0 Å². The summed E-state index contributed by atoms with van der Waals surface area (Å²) in [5, 5.41) is 6.81. The van der Waals surface area contributed by atoms with Gasteiger partial charge in [0, 0.05) is 54.0 Å². The molecule has 1 aliphatic heterocycles. The number of hydrogen-bond acceptors (Lipinski definition) is 3. The second-order valence-electron chi connectivity index (χ2n) is 7.27. The van der Waals surface area contributed by atoms with Crippen molar-refractivity contribution in [3.05, 3.63) is 0 Å². The summed E-state index contributed by atoms with van der Waals surface area (Å²) in [7, 11) is 0.976. The highest BCUT2D eigenvalue weighted by molar-refractivity contribution is 14.0. The van der Waals surface area contributed by atoms with Gasteiger partial charge < -0.3 is 15.5 Å². The van der Waals surface area contributed by atoms with E-state index in [1.54, 1.807) is 7.05 Å². The van der Waals surface area contributed by atoms with Crippen molar-refractivity contribution in [2.75, 3.05) is 39.0 Å². The van der Waals surface area contributed by atoms with Gasteiger partial charge >= 0.3 is 0 Å². The highest BCUT2D eigenvalue weighted by Crippen LogP contribution is 2.12. The molecule has 0 radical (unpaired) electrons. The molecule has 0 aromatic heterocycles. The van der Waals surface area contributed by atoms with Crippen LogP contribution in [0.1, 0.15) is 53.4 Å². The van der Waals surface area contributed by atoms with Crippen LogP contribution in [0.15, 0.2) is 4.99 Å². The third kappa shape index (κ3) is 9.56. The smallest absolute Gasteiger partial charge is 0.191 e. The Balaban J connectivity index is 0.00000529. The lowest BCUT2D eigenvalue weighted by molar-refractivity contribution is 0.203. The zero-order valence-electron chi connectivity index (χ0n) is 16.1. The Labute approximate surface area is 168 Å². The molecule has 144 valence electrons. The van der Waals surface area contributed by atoms with E-state index >= 15 is 0 Å². The monoisotopic (exact) mass is 472 g/mol. The van der Waals surface area contributed by atoms with E-state index in [1.165, 1.54) is 45.3 Å². The Kier molecular flexibility index (Phi) is 12.5. The van der Waals surface area contributed by atoms with Gasteiger partial charge in [-0.25, -0.2) is 0 Å². The highest BCUT2D eigenvalue weighted by Gasteiger charge is 2.21. The molecule has 0 saturated carbocycles. The minimum atomic E-state index is -0.823. The standard InChI is InChI=1S/C17H36N4OS.HI/c1-6-7-11-21-12-8-15(9-13-21)20-16(18-5)19-10-14-23(22)17(2,3)4;/h15H,6-14H2,1-5H3,(H2,18,19,20);1H. The van der Waals surface area contributed by atoms with Crippen molar-refractivity contribution in [1.29, 1.82) is 0 Å². The Bertz CT molecular complexity index is 391. The normalized spacial score (nSPS) is 18.8. The van der Waals surface area contributed by atoms with Crippen LogP contribution in [0.5, 0.6) is 0 Å². The number of aliphatic imine (C=N–C) groups is 1. The zero-order chi connectivity index (χ0) is 17.3. The molecule has 0 aromatic rings. The van der Waals surface area contributed by atoms with Gasteiger partial charge in [0.15, 0.2) is 5.96 Å². The molecule has 1 rings (SSSR count). The molecule has 1 saturated heterocycles. The first-order valence-electron chi connectivity index (χ1n) is 8.94.